The van der Waals surface area contributed by atoms with Crippen LogP contribution in [-0.4, -0.2) is 27.4 Å². The van der Waals surface area contributed by atoms with E-state index in [1.165, 1.54) is 43.7 Å². The third-order valence-corrected chi connectivity index (χ3v) is 6.02. The number of hydrogen-bond donors (Lipinski definition) is 1. The Morgan fingerprint density at radius 1 is 1.11 bits per heavy atom. The van der Waals surface area contributed by atoms with E-state index < -0.39 is 23.3 Å². The molecule has 0 aliphatic rings. The molecule has 188 valence electrons. The van der Waals surface area contributed by atoms with E-state index in [2.05, 4.69) is 4.98 Å². The van der Waals surface area contributed by atoms with E-state index >= 15 is 0 Å². The van der Waals surface area contributed by atoms with Crippen molar-refractivity contribution >= 4 is 11.6 Å². The fourth-order valence-corrected chi connectivity index (χ4v) is 4.60. The van der Waals surface area contributed by atoms with Gasteiger partial charge in [0.25, 0.3) is 5.56 Å². The van der Waals surface area contributed by atoms with Crippen molar-refractivity contribution in [2.24, 2.45) is 0 Å². The number of aromatic nitrogens is 2. The minimum atomic E-state index is -1.38. The average molecular weight is 515 g/mol. The topological polar surface area (TPSA) is 77.5 Å². The summed E-state index contributed by atoms with van der Waals surface area (Å²) in [7, 11) is 1.39. The number of hydrogen-bond acceptors (Lipinski definition) is 5. The van der Waals surface area contributed by atoms with Crippen molar-refractivity contribution in [1.29, 1.82) is 0 Å². The monoisotopic (exact) mass is 514 g/mol. The summed E-state index contributed by atoms with van der Waals surface area (Å²) in [6, 6.07) is 9.51. The van der Waals surface area contributed by atoms with Crippen molar-refractivity contribution in [3.8, 4) is 28.3 Å². The average Bonchev–Trinajstić information content (AvgIpc) is 3.18. The summed E-state index contributed by atoms with van der Waals surface area (Å²) in [4.78, 5) is 17.4. The molecule has 0 aliphatic carbocycles. The Labute approximate surface area is 211 Å². The van der Waals surface area contributed by atoms with Gasteiger partial charge in [-0.2, -0.15) is 0 Å². The molecule has 0 fully saturated rings. The molecule has 6 nitrogen and oxygen atoms in total. The number of benzene rings is 2. The summed E-state index contributed by atoms with van der Waals surface area (Å²) >= 11 is 6.17. The molecule has 36 heavy (non-hydrogen) atoms. The lowest BCUT2D eigenvalue weighted by molar-refractivity contribution is -0.0836. The largest absolute Gasteiger partial charge is 0.437 e. The summed E-state index contributed by atoms with van der Waals surface area (Å²) < 4.78 is 41.3. The molecule has 2 aromatic heterocycles. The molecule has 1 unspecified atom stereocenters. The highest BCUT2D eigenvalue weighted by molar-refractivity contribution is 6.30. The van der Waals surface area contributed by atoms with Gasteiger partial charge in [-0.05, 0) is 69.2 Å². The molecule has 2 aromatic carbocycles. The predicted molar refractivity (Wildman–Crippen MR) is 133 cm³/mol. The van der Waals surface area contributed by atoms with Crippen LogP contribution in [0, 0.1) is 25.5 Å². The minimum absolute atomic E-state index is 0.00329. The maximum Gasteiger partial charge on any atom is 0.255 e. The second-order valence-corrected chi connectivity index (χ2v) is 9.57. The molecule has 1 N–H and O–H groups in total. The van der Waals surface area contributed by atoms with E-state index in [0.29, 0.717) is 16.3 Å². The Morgan fingerprint density at radius 2 is 1.78 bits per heavy atom. The minimum Gasteiger partial charge on any atom is -0.437 e. The van der Waals surface area contributed by atoms with Crippen molar-refractivity contribution in [1.82, 2.24) is 9.55 Å². The number of pyridine rings is 1. The zero-order chi connectivity index (χ0) is 26.4. The van der Waals surface area contributed by atoms with Gasteiger partial charge < -0.3 is 14.3 Å². The number of nitrogens with zero attached hydrogens (tertiary/aromatic N) is 2. The molecule has 1 atom stereocenters. The smallest absolute Gasteiger partial charge is 0.255 e. The molecule has 0 saturated heterocycles. The Hall–Kier alpha value is -3.33. The molecule has 9 heteroatoms. The SMILES string of the molecule is COC(c1nc(-c2ccc(=O)n(-c3c(C)cc(Cl)cc3C)c2)c(-c2ccc(F)cc2F)o1)C(C)(C)O. The predicted octanol–water partition coefficient (Wildman–Crippen LogP) is 6.17. The molecule has 0 spiro atoms. The normalized spacial score (nSPS) is 12.7. The highest BCUT2D eigenvalue weighted by atomic mass is 35.5. The van der Waals surface area contributed by atoms with Gasteiger partial charge in [-0.1, -0.05) is 11.6 Å². The molecule has 2 heterocycles. The van der Waals surface area contributed by atoms with Crippen LogP contribution in [0.4, 0.5) is 8.78 Å². The molecule has 4 rings (SSSR count). The van der Waals surface area contributed by atoms with Crippen LogP contribution in [0.25, 0.3) is 28.3 Å². The van der Waals surface area contributed by atoms with Crippen LogP contribution in [-0.2, 0) is 4.74 Å². The first kappa shape index (κ1) is 25.8. The Bertz CT molecular complexity index is 1480. The van der Waals surface area contributed by atoms with Crippen molar-refractivity contribution in [3.63, 3.8) is 0 Å². The molecule has 0 aliphatic heterocycles. The maximum atomic E-state index is 14.8. The Balaban J connectivity index is 1.98. The summed E-state index contributed by atoms with van der Waals surface area (Å²) in [5.41, 5.74) is 1.13. The summed E-state index contributed by atoms with van der Waals surface area (Å²) in [5, 5.41) is 11.1. The molecule has 0 amide bonds. The summed E-state index contributed by atoms with van der Waals surface area (Å²) in [5.74, 6) is -1.60. The lowest BCUT2D eigenvalue weighted by Crippen LogP contribution is -2.30. The van der Waals surface area contributed by atoms with Gasteiger partial charge in [-0.15, -0.1) is 0 Å². The highest BCUT2D eigenvalue weighted by Crippen LogP contribution is 2.39. The first-order valence-corrected chi connectivity index (χ1v) is 11.5. The van der Waals surface area contributed by atoms with E-state index in [0.717, 1.165) is 23.3 Å². The number of oxazole rings is 1. The summed E-state index contributed by atoms with van der Waals surface area (Å²) in [6.45, 7) is 6.73. The zero-order valence-electron chi connectivity index (χ0n) is 20.4. The van der Waals surface area contributed by atoms with Gasteiger partial charge in [0.2, 0.25) is 5.89 Å². The van der Waals surface area contributed by atoms with Crippen molar-refractivity contribution in [2.45, 2.75) is 39.4 Å². The van der Waals surface area contributed by atoms with Gasteiger partial charge >= 0.3 is 0 Å². The van der Waals surface area contributed by atoms with Crippen LogP contribution < -0.4 is 5.56 Å². The van der Waals surface area contributed by atoms with Crippen molar-refractivity contribution < 1.29 is 23.0 Å². The second kappa shape index (κ2) is 9.61. The van der Waals surface area contributed by atoms with Gasteiger partial charge in [0.1, 0.15) is 17.3 Å². The van der Waals surface area contributed by atoms with Gasteiger partial charge in [0.15, 0.2) is 11.9 Å². The van der Waals surface area contributed by atoms with Crippen LogP contribution in [0.3, 0.4) is 0 Å². The van der Waals surface area contributed by atoms with Crippen LogP contribution in [0.2, 0.25) is 5.02 Å². The van der Waals surface area contributed by atoms with Crippen LogP contribution >= 0.6 is 11.6 Å². The molecular weight excluding hydrogens is 490 g/mol. The highest BCUT2D eigenvalue weighted by Gasteiger charge is 2.34. The van der Waals surface area contributed by atoms with Crippen LogP contribution in [0.1, 0.15) is 37.0 Å². The second-order valence-electron chi connectivity index (χ2n) is 9.14. The van der Waals surface area contributed by atoms with E-state index in [1.54, 1.807) is 18.3 Å². The van der Waals surface area contributed by atoms with Gasteiger partial charge in [-0.25, -0.2) is 13.8 Å². The van der Waals surface area contributed by atoms with Crippen LogP contribution in [0.5, 0.6) is 0 Å². The Morgan fingerprint density at radius 3 is 2.36 bits per heavy atom. The van der Waals surface area contributed by atoms with Crippen molar-refractivity contribution in [3.05, 3.63) is 92.7 Å². The van der Waals surface area contributed by atoms with E-state index in [4.69, 9.17) is 20.8 Å². The van der Waals surface area contributed by atoms with E-state index in [9.17, 15) is 18.7 Å². The fourth-order valence-electron chi connectivity index (χ4n) is 4.28. The first-order valence-electron chi connectivity index (χ1n) is 11.1. The lowest BCUT2D eigenvalue weighted by Gasteiger charge is -2.24. The lowest BCUT2D eigenvalue weighted by atomic mass is 10.0. The molecular formula is C27H25ClF2N2O4. The van der Waals surface area contributed by atoms with E-state index in [1.807, 2.05) is 13.8 Å². The molecule has 0 bridgehead atoms. The fraction of sp³-hybridized carbons (Fsp3) is 0.259. The zero-order valence-corrected chi connectivity index (χ0v) is 21.2. The third kappa shape index (κ3) is 4.84. The standard InChI is InChI=1S/C27H25ClF2N2O4/c1-14-10-17(28)11-15(2)23(14)32-13-16(6-9-21(32)33)22-24(19-8-7-18(29)12-20(19)30)36-26(31-22)25(35-5)27(3,4)34/h6-13,25,34H,1-5H3. The molecule has 4 aromatic rings. The number of ether oxygens (including phenoxy) is 1. The number of halogens is 3. The number of aryl methyl sites for hydroxylation is 2. The van der Waals surface area contributed by atoms with Crippen LogP contribution in [0.15, 0.2) is 57.9 Å². The quantitative estimate of drug-likeness (QED) is 0.333. The van der Waals surface area contributed by atoms with Gasteiger partial charge in [0.05, 0.1) is 16.9 Å². The third-order valence-electron chi connectivity index (χ3n) is 5.80. The first-order chi connectivity index (χ1) is 16.9. The van der Waals surface area contributed by atoms with E-state index in [-0.39, 0.29) is 28.5 Å². The number of rotatable bonds is 6. The summed E-state index contributed by atoms with van der Waals surface area (Å²) in [6.07, 6.45) is 0.587. The van der Waals surface area contributed by atoms with Crippen molar-refractivity contribution in [2.75, 3.05) is 7.11 Å². The molecule has 0 saturated carbocycles. The number of methoxy groups -OCH3 is 1. The maximum absolute atomic E-state index is 14.8. The molecule has 0 radical (unpaired) electrons. The Kier molecular flexibility index (Phi) is 6.88. The number of aliphatic hydroxyl groups is 1. The van der Waals surface area contributed by atoms with Gasteiger partial charge in [0, 0.05) is 36.0 Å². The van der Waals surface area contributed by atoms with Gasteiger partial charge in [-0.3, -0.25) is 9.36 Å².